The van der Waals surface area contributed by atoms with E-state index in [1.54, 1.807) is 4.68 Å². The summed E-state index contributed by atoms with van der Waals surface area (Å²) in [6, 6.07) is 20.2. The molecule has 1 amide bonds. The Bertz CT molecular complexity index is 936. The number of para-hydroxylation sites is 1. The fraction of sp³-hybridized carbons (Fsp3) is 0.364. The molecule has 1 aromatic heterocycles. The number of aromatic nitrogens is 4. The molecule has 3 aromatic rings. The second-order valence-electron chi connectivity index (χ2n) is 7.66. The van der Waals surface area contributed by atoms with Crippen LogP contribution in [-0.2, 0) is 17.9 Å². The molecule has 0 radical (unpaired) electrons. The van der Waals surface area contributed by atoms with Gasteiger partial charge in [0.05, 0.1) is 18.8 Å². The molecule has 0 atom stereocenters. The molecule has 8 nitrogen and oxygen atoms in total. The van der Waals surface area contributed by atoms with E-state index in [2.05, 4.69) is 44.7 Å². The highest BCUT2D eigenvalue weighted by Crippen LogP contribution is 2.11. The van der Waals surface area contributed by atoms with E-state index in [-0.39, 0.29) is 5.91 Å². The maximum absolute atomic E-state index is 12.8. The van der Waals surface area contributed by atoms with Gasteiger partial charge < -0.3 is 4.90 Å². The van der Waals surface area contributed by atoms with E-state index >= 15 is 0 Å². The van der Waals surface area contributed by atoms with E-state index in [9.17, 15) is 4.79 Å². The number of amides is 1. The van der Waals surface area contributed by atoms with Gasteiger partial charge in [-0.3, -0.25) is 14.6 Å². The molecule has 0 saturated carbocycles. The van der Waals surface area contributed by atoms with Crippen molar-refractivity contribution in [2.75, 3.05) is 39.8 Å². The maximum atomic E-state index is 12.8. The zero-order valence-electron chi connectivity index (χ0n) is 17.3. The van der Waals surface area contributed by atoms with Gasteiger partial charge in [-0.05, 0) is 35.2 Å². The van der Waals surface area contributed by atoms with Gasteiger partial charge in [-0.15, -0.1) is 5.10 Å². The van der Waals surface area contributed by atoms with Crippen LogP contribution in [0.5, 0.6) is 0 Å². The van der Waals surface area contributed by atoms with Crippen LogP contribution in [-0.4, -0.2) is 80.6 Å². The number of tetrazole rings is 1. The van der Waals surface area contributed by atoms with Crippen LogP contribution in [0.25, 0.3) is 5.69 Å². The Labute approximate surface area is 176 Å². The Morgan fingerprint density at radius 1 is 0.967 bits per heavy atom. The number of piperazine rings is 1. The predicted octanol–water partition coefficient (Wildman–Crippen LogP) is 1.44. The van der Waals surface area contributed by atoms with Crippen LogP contribution < -0.4 is 0 Å². The smallest absolute Gasteiger partial charge is 0.236 e. The average molecular weight is 406 g/mol. The van der Waals surface area contributed by atoms with Crippen LogP contribution in [0.3, 0.4) is 0 Å². The molecule has 30 heavy (non-hydrogen) atoms. The number of hydrogen-bond donors (Lipinski definition) is 0. The van der Waals surface area contributed by atoms with Gasteiger partial charge in [0.1, 0.15) is 0 Å². The van der Waals surface area contributed by atoms with Crippen molar-refractivity contribution >= 4 is 5.91 Å². The summed E-state index contributed by atoms with van der Waals surface area (Å²) in [5.74, 6) is 0.861. The summed E-state index contributed by atoms with van der Waals surface area (Å²) in [4.78, 5) is 19.1. The first-order chi connectivity index (χ1) is 14.7. The highest BCUT2D eigenvalue weighted by Gasteiger charge is 2.22. The third-order valence-electron chi connectivity index (χ3n) is 5.33. The van der Waals surface area contributed by atoms with Crippen LogP contribution in [0, 0.1) is 0 Å². The third-order valence-corrected chi connectivity index (χ3v) is 5.33. The van der Waals surface area contributed by atoms with Gasteiger partial charge in [0.15, 0.2) is 5.82 Å². The molecule has 0 spiro atoms. The summed E-state index contributed by atoms with van der Waals surface area (Å²) in [6.07, 6.45) is 0. The topological polar surface area (TPSA) is 70.4 Å². The first kappa shape index (κ1) is 20.2. The van der Waals surface area contributed by atoms with Crippen LogP contribution in [0.2, 0.25) is 0 Å². The van der Waals surface area contributed by atoms with Gasteiger partial charge in [-0.25, -0.2) is 0 Å². The van der Waals surface area contributed by atoms with E-state index in [4.69, 9.17) is 0 Å². The molecule has 0 N–H and O–H groups in total. The second-order valence-corrected chi connectivity index (χ2v) is 7.66. The van der Waals surface area contributed by atoms with Gasteiger partial charge >= 0.3 is 0 Å². The lowest BCUT2D eigenvalue weighted by Gasteiger charge is -2.35. The van der Waals surface area contributed by atoms with E-state index < -0.39 is 0 Å². The Hall–Kier alpha value is -3.10. The molecule has 1 aliphatic rings. The molecular formula is C22H27N7O. The average Bonchev–Trinajstić information content (AvgIpc) is 3.23. The summed E-state index contributed by atoms with van der Waals surface area (Å²) < 4.78 is 1.71. The molecule has 1 fully saturated rings. The first-order valence-corrected chi connectivity index (χ1v) is 10.2. The van der Waals surface area contributed by atoms with Gasteiger partial charge in [0, 0.05) is 32.7 Å². The standard InChI is InChI=1S/C22H27N7O/c1-26(17-21-23-24-25-29(21)20-10-6-3-7-11-20)18-22(30)28-14-12-27(13-15-28)16-19-8-4-2-5-9-19/h2-11H,12-18H2,1H3. The number of carbonyl (C=O) groups is 1. The number of nitrogens with zero attached hydrogens (tertiary/aromatic N) is 7. The van der Waals surface area contributed by atoms with Crippen LogP contribution in [0.4, 0.5) is 0 Å². The van der Waals surface area contributed by atoms with E-state index in [1.807, 2.05) is 53.2 Å². The Morgan fingerprint density at radius 3 is 2.33 bits per heavy atom. The Morgan fingerprint density at radius 2 is 1.63 bits per heavy atom. The van der Waals surface area contributed by atoms with Crippen molar-refractivity contribution in [1.29, 1.82) is 0 Å². The summed E-state index contributed by atoms with van der Waals surface area (Å²) in [5.41, 5.74) is 2.22. The fourth-order valence-corrected chi connectivity index (χ4v) is 3.70. The largest absolute Gasteiger partial charge is 0.339 e. The SMILES string of the molecule is CN(CC(=O)N1CCN(Cc2ccccc2)CC1)Cc1nnnn1-c1ccccc1. The molecule has 1 saturated heterocycles. The summed E-state index contributed by atoms with van der Waals surface area (Å²) in [6.45, 7) is 5.11. The molecule has 1 aliphatic heterocycles. The summed E-state index contributed by atoms with van der Waals surface area (Å²) in [7, 11) is 1.92. The molecule has 156 valence electrons. The molecule has 0 aliphatic carbocycles. The number of carbonyl (C=O) groups excluding carboxylic acids is 1. The van der Waals surface area contributed by atoms with Crippen LogP contribution in [0.1, 0.15) is 11.4 Å². The van der Waals surface area contributed by atoms with E-state index in [1.165, 1.54) is 5.56 Å². The van der Waals surface area contributed by atoms with Gasteiger partial charge in [-0.2, -0.15) is 4.68 Å². The quantitative estimate of drug-likeness (QED) is 0.592. The van der Waals surface area contributed by atoms with E-state index in [0.717, 1.165) is 38.4 Å². The van der Waals surface area contributed by atoms with Crippen molar-refractivity contribution < 1.29 is 4.79 Å². The predicted molar refractivity (Wildman–Crippen MR) is 114 cm³/mol. The van der Waals surface area contributed by atoms with Crippen molar-refractivity contribution in [2.45, 2.75) is 13.1 Å². The molecular weight excluding hydrogens is 378 g/mol. The van der Waals surface area contributed by atoms with Crippen LogP contribution in [0.15, 0.2) is 60.7 Å². The number of likely N-dealkylation sites (N-methyl/N-ethyl adjacent to an activating group) is 1. The normalized spacial score (nSPS) is 14.9. The Kier molecular flexibility index (Phi) is 6.46. The zero-order valence-corrected chi connectivity index (χ0v) is 17.3. The van der Waals surface area contributed by atoms with Crippen molar-refractivity contribution in [1.82, 2.24) is 34.9 Å². The van der Waals surface area contributed by atoms with Gasteiger partial charge in [0.25, 0.3) is 0 Å². The number of hydrogen-bond acceptors (Lipinski definition) is 6. The lowest BCUT2D eigenvalue weighted by Crippen LogP contribution is -2.50. The highest BCUT2D eigenvalue weighted by atomic mass is 16.2. The van der Waals surface area contributed by atoms with E-state index in [0.29, 0.717) is 18.9 Å². The minimum Gasteiger partial charge on any atom is -0.339 e. The molecule has 2 heterocycles. The minimum atomic E-state index is 0.149. The molecule has 2 aromatic carbocycles. The lowest BCUT2D eigenvalue weighted by atomic mass is 10.2. The van der Waals surface area contributed by atoms with Gasteiger partial charge in [-0.1, -0.05) is 48.5 Å². The summed E-state index contributed by atoms with van der Waals surface area (Å²) in [5, 5.41) is 12.0. The third kappa shape index (κ3) is 5.08. The summed E-state index contributed by atoms with van der Waals surface area (Å²) >= 11 is 0. The molecule has 8 heteroatoms. The molecule has 4 rings (SSSR count). The van der Waals surface area contributed by atoms with Crippen LogP contribution >= 0.6 is 0 Å². The van der Waals surface area contributed by atoms with Crippen molar-refractivity contribution in [3.8, 4) is 5.69 Å². The first-order valence-electron chi connectivity index (χ1n) is 10.2. The monoisotopic (exact) mass is 405 g/mol. The fourth-order valence-electron chi connectivity index (χ4n) is 3.70. The minimum absolute atomic E-state index is 0.149. The number of rotatable bonds is 7. The number of benzene rings is 2. The van der Waals surface area contributed by atoms with Gasteiger partial charge in [0.2, 0.25) is 5.91 Å². The van der Waals surface area contributed by atoms with Crippen molar-refractivity contribution in [3.05, 3.63) is 72.1 Å². The lowest BCUT2D eigenvalue weighted by molar-refractivity contribution is -0.134. The highest BCUT2D eigenvalue weighted by molar-refractivity contribution is 5.78. The maximum Gasteiger partial charge on any atom is 0.236 e. The zero-order chi connectivity index (χ0) is 20.8. The second kappa shape index (κ2) is 9.60. The Balaban J connectivity index is 1.26. The molecule has 0 unspecified atom stereocenters. The van der Waals surface area contributed by atoms with Crippen molar-refractivity contribution in [2.24, 2.45) is 0 Å². The van der Waals surface area contributed by atoms with Crippen molar-refractivity contribution in [3.63, 3.8) is 0 Å². The molecule has 0 bridgehead atoms.